The van der Waals surface area contributed by atoms with Gasteiger partial charge in [-0.05, 0) is 13.0 Å². The standard InChI is InChI=1S/C11H16N4S/c1-9(11-13-7-8-16-11)12-5-3-10-4-6-14-15(10)2/h4,6-9,12H,3,5H2,1-2H3. The predicted molar refractivity (Wildman–Crippen MR) is 65.4 cm³/mol. The SMILES string of the molecule is CC(NCCc1ccnn1C)c1nccs1. The highest BCUT2D eigenvalue weighted by Crippen LogP contribution is 2.14. The minimum absolute atomic E-state index is 0.327. The number of hydrogen-bond donors (Lipinski definition) is 1. The van der Waals surface area contributed by atoms with E-state index in [2.05, 4.69) is 28.4 Å². The van der Waals surface area contributed by atoms with E-state index in [0.717, 1.165) is 18.0 Å². The van der Waals surface area contributed by atoms with Crippen LogP contribution in [0.4, 0.5) is 0 Å². The van der Waals surface area contributed by atoms with Crippen molar-refractivity contribution in [2.24, 2.45) is 7.05 Å². The van der Waals surface area contributed by atoms with E-state index >= 15 is 0 Å². The van der Waals surface area contributed by atoms with E-state index in [9.17, 15) is 0 Å². The van der Waals surface area contributed by atoms with E-state index in [1.807, 2.05) is 29.5 Å². The van der Waals surface area contributed by atoms with Crippen molar-refractivity contribution in [3.63, 3.8) is 0 Å². The molecule has 0 aliphatic rings. The molecular weight excluding hydrogens is 220 g/mol. The van der Waals surface area contributed by atoms with Crippen LogP contribution in [-0.2, 0) is 13.5 Å². The van der Waals surface area contributed by atoms with Gasteiger partial charge in [0, 0.05) is 43.5 Å². The molecule has 0 spiro atoms. The molecule has 2 rings (SSSR count). The fourth-order valence-corrected chi connectivity index (χ4v) is 2.27. The van der Waals surface area contributed by atoms with Gasteiger partial charge in [-0.3, -0.25) is 4.68 Å². The highest BCUT2D eigenvalue weighted by Gasteiger charge is 2.07. The molecule has 0 aromatic carbocycles. The zero-order valence-corrected chi connectivity index (χ0v) is 10.4. The fraction of sp³-hybridized carbons (Fsp3) is 0.455. The average molecular weight is 236 g/mol. The molecule has 1 unspecified atom stereocenters. The third-order valence-corrected chi connectivity index (χ3v) is 3.53. The zero-order valence-electron chi connectivity index (χ0n) is 9.55. The van der Waals surface area contributed by atoms with Crippen LogP contribution in [-0.4, -0.2) is 21.3 Å². The number of rotatable bonds is 5. The van der Waals surface area contributed by atoms with Gasteiger partial charge in [0.15, 0.2) is 0 Å². The molecule has 1 N–H and O–H groups in total. The van der Waals surface area contributed by atoms with Gasteiger partial charge in [-0.1, -0.05) is 0 Å². The number of hydrogen-bond acceptors (Lipinski definition) is 4. The summed E-state index contributed by atoms with van der Waals surface area (Å²) in [4.78, 5) is 4.29. The summed E-state index contributed by atoms with van der Waals surface area (Å²) in [6.45, 7) is 3.09. The van der Waals surface area contributed by atoms with E-state index in [0.29, 0.717) is 6.04 Å². The maximum absolute atomic E-state index is 4.29. The minimum Gasteiger partial charge on any atom is -0.308 e. The Balaban J connectivity index is 1.78. The first-order valence-electron chi connectivity index (χ1n) is 5.37. The van der Waals surface area contributed by atoms with Crippen LogP contribution >= 0.6 is 11.3 Å². The van der Waals surface area contributed by atoms with E-state index in [1.54, 1.807) is 11.3 Å². The van der Waals surface area contributed by atoms with Crippen molar-refractivity contribution in [2.75, 3.05) is 6.54 Å². The van der Waals surface area contributed by atoms with Gasteiger partial charge < -0.3 is 5.32 Å². The Bertz CT molecular complexity index is 421. The van der Waals surface area contributed by atoms with Gasteiger partial charge in [0.25, 0.3) is 0 Å². The molecule has 16 heavy (non-hydrogen) atoms. The Hall–Kier alpha value is -1.20. The normalized spacial score (nSPS) is 12.9. The molecule has 0 amide bonds. The summed E-state index contributed by atoms with van der Waals surface area (Å²) in [6.07, 6.45) is 4.67. The first-order valence-corrected chi connectivity index (χ1v) is 6.25. The van der Waals surface area contributed by atoms with Gasteiger partial charge in [-0.2, -0.15) is 5.10 Å². The van der Waals surface area contributed by atoms with Crippen molar-refractivity contribution in [3.8, 4) is 0 Å². The minimum atomic E-state index is 0.327. The molecule has 0 fully saturated rings. The molecule has 1 atom stereocenters. The smallest absolute Gasteiger partial charge is 0.109 e. The highest BCUT2D eigenvalue weighted by atomic mass is 32.1. The van der Waals surface area contributed by atoms with E-state index in [-0.39, 0.29) is 0 Å². The van der Waals surface area contributed by atoms with E-state index in [1.165, 1.54) is 5.69 Å². The molecule has 2 aromatic heterocycles. The number of thiazole rings is 1. The van der Waals surface area contributed by atoms with Crippen LogP contribution in [0.1, 0.15) is 23.7 Å². The lowest BCUT2D eigenvalue weighted by Gasteiger charge is -2.10. The van der Waals surface area contributed by atoms with Gasteiger partial charge in [0.2, 0.25) is 0 Å². The quantitative estimate of drug-likeness (QED) is 0.860. The van der Waals surface area contributed by atoms with Crippen molar-refractivity contribution in [1.29, 1.82) is 0 Å². The molecule has 0 aliphatic heterocycles. The lowest BCUT2D eigenvalue weighted by molar-refractivity contribution is 0.562. The summed E-state index contributed by atoms with van der Waals surface area (Å²) in [5, 5.41) is 10.8. The van der Waals surface area contributed by atoms with Crippen LogP contribution in [0.15, 0.2) is 23.8 Å². The van der Waals surface area contributed by atoms with Crippen LogP contribution in [0.2, 0.25) is 0 Å². The molecule has 86 valence electrons. The van der Waals surface area contributed by atoms with Gasteiger partial charge in [-0.15, -0.1) is 11.3 Å². The molecule has 5 heteroatoms. The highest BCUT2D eigenvalue weighted by molar-refractivity contribution is 7.09. The molecule has 0 aliphatic carbocycles. The maximum Gasteiger partial charge on any atom is 0.109 e. The molecule has 0 saturated heterocycles. The van der Waals surface area contributed by atoms with Crippen molar-refractivity contribution < 1.29 is 0 Å². The van der Waals surface area contributed by atoms with Gasteiger partial charge in [-0.25, -0.2) is 4.98 Å². The van der Waals surface area contributed by atoms with E-state index in [4.69, 9.17) is 0 Å². The maximum atomic E-state index is 4.29. The van der Waals surface area contributed by atoms with Crippen LogP contribution < -0.4 is 5.32 Å². The molecule has 0 saturated carbocycles. The zero-order chi connectivity index (χ0) is 11.4. The number of aromatic nitrogens is 3. The Morgan fingerprint density at radius 3 is 3.00 bits per heavy atom. The van der Waals surface area contributed by atoms with Crippen molar-refractivity contribution in [1.82, 2.24) is 20.1 Å². The summed E-state index contributed by atoms with van der Waals surface area (Å²) in [7, 11) is 1.97. The van der Waals surface area contributed by atoms with Crippen molar-refractivity contribution in [3.05, 3.63) is 34.5 Å². The summed E-state index contributed by atoms with van der Waals surface area (Å²) in [6, 6.07) is 2.38. The van der Waals surface area contributed by atoms with Gasteiger partial charge in [0.05, 0.1) is 6.04 Å². The first kappa shape index (κ1) is 11.3. The van der Waals surface area contributed by atoms with E-state index < -0.39 is 0 Å². The summed E-state index contributed by atoms with van der Waals surface area (Å²) < 4.78 is 1.91. The van der Waals surface area contributed by atoms with Crippen LogP contribution in [0, 0.1) is 0 Å². The fourth-order valence-electron chi connectivity index (χ4n) is 1.60. The third kappa shape index (κ3) is 2.68. The molecule has 4 nitrogen and oxygen atoms in total. The van der Waals surface area contributed by atoms with Crippen LogP contribution in [0.5, 0.6) is 0 Å². The third-order valence-electron chi connectivity index (χ3n) is 2.58. The summed E-state index contributed by atoms with van der Waals surface area (Å²) in [5.41, 5.74) is 1.25. The summed E-state index contributed by atoms with van der Waals surface area (Å²) in [5.74, 6) is 0. The Morgan fingerprint density at radius 2 is 2.38 bits per heavy atom. The molecule has 0 bridgehead atoms. The Labute approximate surface area is 99.3 Å². The van der Waals surface area contributed by atoms with Crippen molar-refractivity contribution >= 4 is 11.3 Å². The second-order valence-electron chi connectivity index (χ2n) is 3.74. The van der Waals surface area contributed by atoms with Crippen molar-refractivity contribution in [2.45, 2.75) is 19.4 Å². The van der Waals surface area contributed by atoms with Gasteiger partial charge >= 0.3 is 0 Å². The first-order chi connectivity index (χ1) is 7.77. The summed E-state index contributed by atoms with van der Waals surface area (Å²) >= 11 is 1.69. The average Bonchev–Trinajstić information content (AvgIpc) is 2.90. The molecule has 0 radical (unpaired) electrons. The number of nitrogens with zero attached hydrogens (tertiary/aromatic N) is 3. The largest absolute Gasteiger partial charge is 0.308 e. The molecule has 2 aromatic rings. The molecular formula is C11H16N4S. The topological polar surface area (TPSA) is 42.7 Å². The molecule has 2 heterocycles. The monoisotopic (exact) mass is 236 g/mol. The lowest BCUT2D eigenvalue weighted by atomic mass is 10.3. The van der Waals surface area contributed by atoms with Crippen LogP contribution in [0.3, 0.4) is 0 Å². The predicted octanol–water partition coefficient (Wildman–Crippen LogP) is 1.77. The second kappa shape index (κ2) is 5.23. The van der Waals surface area contributed by atoms with Gasteiger partial charge in [0.1, 0.15) is 5.01 Å². The Morgan fingerprint density at radius 1 is 1.50 bits per heavy atom. The number of nitrogens with one attached hydrogen (secondary N) is 1. The van der Waals surface area contributed by atoms with Crippen LogP contribution in [0.25, 0.3) is 0 Å². The number of aryl methyl sites for hydroxylation is 1. The lowest BCUT2D eigenvalue weighted by Crippen LogP contribution is -2.21. The Kier molecular flexibility index (Phi) is 3.69. The second-order valence-corrected chi connectivity index (χ2v) is 4.67.